The van der Waals surface area contributed by atoms with Crippen LogP contribution in [0.4, 0.5) is 0 Å². The minimum absolute atomic E-state index is 0.0766. The minimum atomic E-state index is 0.0766. The lowest BCUT2D eigenvalue weighted by Crippen LogP contribution is -2.29. The molecular formula is C18H22N4O. The van der Waals surface area contributed by atoms with Crippen LogP contribution in [0.25, 0.3) is 0 Å². The predicted octanol–water partition coefficient (Wildman–Crippen LogP) is 1.68. The zero-order valence-electron chi connectivity index (χ0n) is 13.4. The van der Waals surface area contributed by atoms with Gasteiger partial charge in [0.1, 0.15) is 0 Å². The van der Waals surface area contributed by atoms with Gasteiger partial charge in [0.15, 0.2) is 0 Å². The quantitative estimate of drug-likeness (QED) is 0.882. The molecule has 0 bridgehead atoms. The van der Waals surface area contributed by atoms with Crippen molar-refractivity contribution in [3.8, 4) is 0 Å². The zero-order valence-corrected chi connectivity index (χ0v) is 13.4. The van der Waals surface area contributed by atoms with Crippen molar-refractivity contribution >= 4 is 5.91 Å². The number of hydrogen-bond acceptors (Lipinski definition) is 4. The van der Waals surface area contributed by atoms with Crippen LogP contribution in [0.15, 0.2) is 30.7 Å². The summed E-state index contributed by atoms with van der Waals surface area (Å²) in [6.07, 6.45) is 7.70. The van der Waals surface area contributed by atoms with Gasteiger partial charge in [0, 0.05) is 43.8 Å². The Labute approximate surface area is 136 Å². The van der Waals surface area contributed by atoms with Gasteiger partial charge in [0.25, 0.3) is 0 Å². The molecule has 0 saturated carbocycles. The average molecular weight is 310 g/mol. The van der Waals surface area contributed by atoms with Crippen LogP contribution >= 0.6 is 0 Å². The van der Waals surface area contributed by atoms with Gasteiger partial charge in [-0.25, -0.2) is 0 Å². The molecule has 0 radical (unpaired) electrons. The van der Waals surface area contributed by atoms with Crippen LogP contribution in [0.3, 0.4) is 0 Å². The third-order valence-corrected chi connectivity index (χ3v) is 4.32. The van der Waals surface area contributed by atoms with Gasteiger partial charge in [0.2, 0.25) is 5.91 Å². The Bertz CT molecular complexity index is 685. The molecule has 1 aliphatic heterocycles. The highest BCUT2D eigenvalue weighted by atomic mass is 16.1. The molecule has 2 N–H and O–H groups in total. The van der Waals surface area contributed by atoms with Crippen LogP contribution in [0.5, 0.6) is 0 Å². The summed E-state index contributed by atoms with van der Waals surface area (Å²) >= 11 is 0. The maximum absolute atomic E-state index is 12.1. The molecule has 23 heavy (non-hydrogen) atoms. The Hall–Kier alpha value is -2.27. The molecule has 5 nitrogen and oxygen atoms in total. The highest BCUT2D eigenvalue weighted by molar-refractivity contribution is 5.76. The monoisotopic (exact) mass is 310 g/mol. The fourth-order valence-corrected chi connectivity index (χ4v) is 2.96. The van der Waals surface area contributed by atoms with Crippen molar-refractivity contribution in [2.75, 3.05) is 6.54 Å². The number of pyridine rings is 2. The van der Waals surface area contributed by atoms with E-state index in [9.17, 15) is 4.79 Å². The molecule has 120 valence electrons. The molecule has 0 aromatic carbocycles. The number of carbonyl (C=O) groups excluding carboxylic acids is 1. The number of aromatic nitrogens is 2. The maximum atomic E-state index is 12.1. The van der Waals surface area contributed by atoms with Crippen LogP contribution in [-0.2, 0) is 30.7 Å². The number of amides is 1. The largest absolute Gasteiger partial charge is 0.352 e. The van der Waals surface area contributed by atoms with Crippen molar-refractivity contribution in [1.29, 1.82) is 0 Å². The van der Waals surface area contributed by atoms with Crippen LogP contribution in [-0.4, -0.2) is 22.4 Å². The molecule has 1 aliphatic rings. The van der Waals surface area contributed by atoms with Crippen molar-refractivity contribution < 1.29 is 4.79 Å². The van der Waals surface area contributed by atoms with Gasteiger partial charge in [-0.1, -0.05) is 0 Å². The normalized spacial score (nSPS) is 13.4. The van der Waals surface area contributed by atoms with Gasteiger partial charge in [0.05, 0.1) is 0 Å². The van der Waals surface area contributed by atoms with Crippen molar-refractivity contribution in [2.24, 2.45) is 0 Å². The topological polar surface area (TPSA) is 66.9 Å². The van der Waals surface area contributed by atoms with E-state index < -0.39 is 0 Å². The van der Waals surface area contributed by atoms with E-state index in [1.54, 1.807) is 12.4 Å². The number of nitrogens with one attached hydrogen (secondary N) is 2. The summed E-state index contributed by atoms with van der Waals surface area (Å²) in [6, 6.07) is 3.89. The fourth-order valence-electron chi connectivity index (χ4n) is 2.96. The van der Waals surface area contributed by atoms with E-state index in [2.05, 4.69) is 20.6 Å². The molecule has 2 aromatic heterocycles. The lowest BCUT2D eigenvalue weighted by atomic mass is 9.96. The van der Waals surface area contributed by atoms with E-state index in [1.165, 1.54) is 16.7 Å². The van der Waals surface area contributed by atoms with E-state index >= 15 is 0 Å². The Balaban J connectivity index is 1.59. The summed E-state index contributed by atoms with van der Waals surface area (Å²) in [5.74, 6) is 0.0766. The first-order valence-electron chi connectivity index (χ1n) is 8.06. The van der Waals surface area contributed by atoms with Gasteiger partial charge >= 0.3 is 0 Å². The van der Waals surface area contributed by atoms with E-state index in [-0.39, 0.29) is 5.91 Å². The van der Waals surface area contributed by atoms with Crippen LogP contribution in [0.2, 0.25) is 0 Å². The van der Waals surface area contributed by atoms with Crippen molar-refractivity contribution in [1.82, 2.24) is 20.6 Å². The molecule has 0 fully saturated rings. The fraction of sp³-hybridized carbons (Fsp3) is 0.389. The van der Waals surface area contributed by atoms with Crippen molar-refractivity contribution in [3.63, 3.8) is 0 Å². The summed E-state index contributed by atoms with van der Waals surface area (Å²) < 4.78 is 0. The van der Waals surface area contributed by atoms with Crippen LogP contribution in [0.1, 0.15) is 34.4 Å². The molecule has 2 aromatic rings. The Morgan fingerprint density at radius 3 is 3.00 bits per heavy atom. The zero-order chi connectivity index (χ0) is 16.1. The highest BCUT2D eigenvalue weighted by Gasteiger charge is 2.16. The number of rotatable bonds is 5. The van der Waals surface area contributed by atoms with Crippen LogP contribution in [0, 0.1) is 6.92 Å². The summed E-state index contributed by atoms with van der Waals surface area (Å²) in [6.45, 7) is 4.43. The van der Waals surface area contributed by atoms with E-state index in [0.29, 0.717) is 13.0 Å². The molecule has 0 aliphatic carbocycles. The Morgan fingerprint density at radius 1 is 1.35 bits per heavy atom. The number of nitrogens with zero attached hydrogens (tertiary/aromatic N) is 2. The molecule has 0 unspecified atom stereocenters. The molecule has 1 amide bonds. The molecule has 0 spiro atoms. The maximum Gasteiger partial charge on any atom is 0.220 e. The third-order valence-electron chi connectivity index (χ3n) is 4.32. The molecule has 3 rings (SSSR count). The number of aryl methyl sites for hydroxylation is 2. The summed E-state index contributed by atoms with van der Waals surface area (Å²) in [5, 5.41) is 6.40. The first-order valence-corrected chi connectivity index (χ1v) is 8.06. The second kappa shape index (κ2) is 7.33. The van der Waals surface area contributed by atoms with E-state index in [0.717, 1.165) is 37.2 Å². The lowest BCUT2D eigenvalue weighted by Gasteiger charge is -2.21. The van der Waals surface area contributed by atoms with Crippen LogP contribution < -0.4 is 10.6 Å². The van der Waals surface area contributed by atoms with Gasteiger partial charge in [-0.2, -0.15) is 0 Å². The molecular weight excluding hydrogens is 288 g/mol. The second-order valence-electron chi connectivity index (χ2n) is 5.88. The summed E-state index contributed by atoms with van der Waals surface area (Å²) in [5.41, 5.74) is 5.94. The first-order chi connectivity index (χ1) is 11.2. The number of carbonyl (C=O) groups is 1. The Morgan fingerprint density at radius 2 is 2.17 bits per heavy atom. The number of hydrogen-bond donors (Lipinski definition) is 2. The first kappa shape index (κ1) is 15.6. The number of fused-ring (bicyclic) bond motifs is 1. The third kappa shape index (κ3) is 3.93. The van der Waals surface area contributed by atoms with E-state index in [1.807, 2.05) is 25.3 Å². The van der Waals surface area contributed by atoms with E-state index in [4.69, 9.17) is 0 Å². The standard InChI is InChI=1S/C18H22N4O/c1-13-17(16-6-9-20-10-15(16)11-21-13)12-22-18(23)3-2-14-4-7-19-8-5-14/h4-5,7-8,11,20H,2-3,6,9-10,12H2,1H3,(H,22,23). The lowest BCUT2D eigenvalue weighted by molar-refractivity contribution is -0.121. The van der Waals surface area contributed by atoms with Gasteiger partial charge in [-0.15, -0.1) is 0 Å². The SMILES string of the molecule is Cc1ncc2c(c1CNC(=O)CCc1ccncc1)CCNC2. The minimum Gasteiger partial charge on any atom is -0.352 e. The molecule has 0 saturated heterocycles. The highest BCUT2D eigenvalue weighted by Crippen LogP contribution is 2.20. The smallest absolute Gasteiger partial charge is 0.220 e. The molecule has 3 heterocycles. The van der Waals surface area contributed by atoms with Gasteiger partial charge in [-0.05, 0) is 60.7 Å². The summed E-state index contributed by atoms with van der Waals surface area (Å²) in [7, 11) is 0. The molecule has 5 heteroatoms. The summed E-state index contributed by atoms with van der Waals surface area (Å²) in [4.78, 5) is 20.6. The Kier molecular flexibility index (Phi) is 4.98. The second-order valence-corrected chi connectivity index (χ2v) is 5.88. The van der Waals surface area contributed by atoms with Crippen molar-refractivity contribution in [3.05, 3.63) is 58.7 Å². The average Bonchev–Trinajstić information content (AvgIpc) is 2.60. The predicted molar refractivity (Wildman–Crippen MR) is 88.8 cm³/mol. The van der Waals surface area contributed by atoms with Gasteiger partial charge < -0.3 is 10.6 Å². The van der Waals surface area contributed by atoms with Crippen molar-refractivity contribution in [2.45, 2.75) is 39.3 Å². The molecule has 0 atom stereocenters. The van der Waals surface area contributed by atoms with Gasteiger partial charge in [-0.3, -0.25) is 14.8 Å².